The second-order valence-electron chi connectivity index (χ2n) is 8.08. The number of ether oxygens (including phenoxy) is 1. The smallest absolute Gasteiger partial charge is 0.328 e. The quantitative estimate of drug-likeness (QED) is 0.411. The number of aromatic nitrogens is 2. The SMILES string of the molecule is C/C(=C/Cn1cc([C@@H]2O[C@H](CO)C(O)C2O)c(=O)[nH]c1=O)CN1OCc2ccccc2C1=O. The van der Waals surface area contributed by atoms with Crippen molar-refractivity contribution in [1.82, 2.24) is 14.6 Å². The molecular formula is C22H25N3O8. The molecule has 4 N–H and O–H groups in total. The van der Waals surface area contributed by atoms with Crippen molar-refractivity contribution >= 4 is 5.91 Å². The highest BCUT2D eigenvalue weighted by molar-refractivity contribution is 5.95. The summed E-state index contributed by atoms with van der Waals surface area (Å²) in [4.78, 5) is 44.9. The Hall–Kier alpha value is -3.09. The van der Waals surface area contributed by atoms with Crippen molar-refractivity contribution in [2.24, 2.45) is 0 Å². The van der Waals surface area contributed by atoms with Gasteiger partial charge in [-0.1, -0.05) is 29.8 Å². The highest BCUT2D eigenvalue weighted by Gasteiger charge is 2.44. The molecule has 4 atom stereocenters. The molecule has 1 amide bonds. The number of hydrogen-bond acceptors (Lipinski definition) is 8. The first-order chi connectivity index (χ1) is 15.8. The Labute approximate surface area is 188 Å². The van der Waals surface area contributed by atoms with E-state index in [0.29, 0.717) is 5.56 Å². The normalized spacial score (nSPS) is 25.4. The number of rotatable bonds is 6. The first kappa shape index (κ1) is 23.1. The molecule has 0 aliphatic carbocycles. The Bertz CT molecular complexity index is 1190. The minimum absolute atomic E-state index is 0.0469. The first-order valence-corrected chi connectivity index (χ1v) is 10.4. The van der Waals surface area contributed by atoms with E-state index in [4.69, 9.17) is 9.57 Å². The molecule has 1 fully saturated rings. The summed E-state index contributed by atoms with van der Waals surface area (Å²) in [6, 6.07) is 7.20. The first-order valence-electron chi connectivity index (χ1n) is 10.4. The lowest BCUT2D eigenvalue weighted by atomic mass is 10.0. The molecule has 1 aromatic carbocycles. The van der Waals surface area contributed by atoms with Crippen LogP contribution in [0.4, 0.5) is 0 Å². The number of hydroxylamine groups is 2. The Morgan fingerprint density at radius 1 is 1.21 bits per heavy atom. The van der Waals surface area contributed by atoms with Crippen molar-refractivity contribution in [3.63, 3.8) is 0 Å². The van der Waals surface area contributed by atoms with Crippen molar-refractivity contribution in [1.29, 1.82) is 0 Å². The maximum absolute atomic E-state index is 12.6. The molecule has 4 rings (SSSR count). The lowest BCUT2D eigenvalue weighted by Crippen LogP contribution is -2.37. The maximum atomic E-state index is 12.6. The van der Waals surface area contributed by atoms with Gasteiger partial charge in [-0.25, -0.2) is 9.86 Å². The monoisotopic (exact) mass is 459 g/mol. The molecule has 176 valence electrons. The largest absolute Gasteiger partial charge is 0.394 e. The number of nitrogens with one attached hydrogen (secondary N) is 1. The van der Waals surface area contributed by atoms with E-state index in [-0.39, 0.29) is 31.2 Å². The van der Waals surface area contributed by atoms with E-state index in [0.717, 1.165) is 11.1 Å². The summed E-state index contributed by atoms with van der Waals surface area (Å²) in [5, 5.41) is 30.7. The molecule has 2 aromatic rings. The predicted octanol–water partition coefficient (Wildman–Crippen LogP) is -0.775. The van der Waals surface area contributed by atoms with E-state index >= 15 is 0 Å². The summed E-state index contributed by atoms with van der Waals surface area (Å²) >= 11 is 0. The Morgan fingerprint density at radius 3 is 2.70 bits per heavy atom. The van der Waals surface area contributed by atoms with Gasteiger partial charge in [0, 0.05) is 18.3 Å². The zero-order valence-electron chi connectivity index (χ0n) is 17.9. The van der Waals surface area contributed by atoms with Crippen LogP contribution in [-0.4, -0.2) is 67.3 Å². The molecule has 33 heavy (non-hydrogen) atoms. The molecule has 3 heterocycles. The number of hydrogen-bond donors (Lipinski definition) is 4. The summed E-state index contributed by atoms with van der Waals surface area (Å²) in [7, 11) is 0. The van der Waals surface area contributed by atoms with E-state index in [1.54, 1.807) is 25.1 Å². The van der Waals surface area contributed by atoms with Gasteiger partial charge in [-0.2, -0.15) is 0 Å². The molecule has 0 radical (unpaired) electrons. The van der Waals surface area contributed by atoms with Crippen LogP contribution in [0.15, 0.2) is 51.7 Å². The number of fused-ring (bicyclic) bond motifs is 1. The second kappa shape index (κ2) is 9.41. The summed E-state index contributed by atoms with van der Waals surface area (Å²) in [6.45, 7) is 1.79. The van der Waals surface area contributed by atoms with Gasteiger partial charge in [0.25, 0.3) is 11.5 Å². The van der Waals surface area contributed by atoms with E-state index in [1.165, 1.54) is 15.8 Å². The van der Waals surface area contributed by atoms with Crippen LogP contribution < -0.4 is 11.2 Å². The lowest BCUT2D eigenvalue weighted by Gasteiger charge is -2.28. The van der Waals surface area contributed by atoms with Crippen LogP contribution in [0.2, 0.25) is 0 Å². The summed E-state index contributed by atoms with van der Waals surface area (Å²) in [5.41, 5.74) is 0.676. The molecule has 1 aromatic heterocycles. The Morgan fingerprint density at radius 2 is 1.97 bits per heavy atom. The van der Waals surface area contributed by atoms with Gasteiger partial charge in [0.1, 0.15) is 31.0 Å². The van der Waals surface area contributed by atoms with E-state index in [9.17, 15) is 29.7 Å². The van der Waals surface area contributed by atoms with Gasteiger partial charge in [-0.05, 0) is 18.6 Å². The zero-order chi connectivity index (χ0) is 23.7. The van der Waals surface area contributed by atoms with Crippen LogP contribution in [-0.2, 0) is 22.7 Å². The topological polar surface area (TPSA) is 154 Å². The number of carbonyl (C=O) groups excluding carboxylic acids is 1. The molecule has 0 saturated carbocycles. The van der Waals surface area contributed by atoms with Crippen molar-refractivity contribution in [2.45, 2.75) is 44.5 Å². The van der Waals surface area contributed by atoms with E-state index in [2.05, 4.69) is 4.98 Å². The fourth-order valence-corrected chi connectivity index (χ4v) is 3.88. The molecular weight excluding hydrogens is 434 g/mol. The number of nitrogens with zero attached hydrogens (tertiary/aromatic N) is 2. The number of aliphatic hydroxyl groups is 3. The average molecular weight is 459 g/mol. The average Bonchev–Trinajstić information content (AvgIpc) is 3.09. The summed E-state index contributed by atoms with van der Waals surface area (Å²) < 4.78 is 6.61. The maximum Gasteiger partial charge on any atom is 0.328 e. The van der Waals surface area contributed by atoms with Crippen molar-refractivity contribution in [3.8, 4) is 0 Å². The fourth-order valence-electron chi connectivity index (χ4n) is 3.88. The van der Waals surface area contributed by atoms with Crippen LogP contribution in [0.1, 0.15) is 34.5 Å². The molecule has 0 bridgehead atoms. The highest BCUT2D eigenvalue weighted by atomic mass is 16.7. The minimum Gasteiger partial charge on any atom is -0.394 e. The van der Waals surface area contributed by atoms with Crippen LogP contribution in [0.5, 0.6) is 0 Å². The molecule has 11 heteroatoms. The second-order valence-corrected chi connectivity index (χ2v) is 8.08. The van der Waals surface area contributed by atoms with Gasteiger partial charge in [0.15, 0.2) is 0 Å². The standard InChI is InChI=1S/C22H25N3O8/c1-12(8-25-21(30)14-5-3-2-4-13(14)11-32-25)6-7-24-9-15(20(29)23-22(24)31)19-18(28)17(27)16(10-26)33-19/h2-6,9,16-19,26-28H,7-8,10-11H2,1H3,(H,23,29,31)/b12-6-/t16-,17?,18?,19+/m1/s1. The number of allylic oxidation sites excluding steroid dienone is 1. The third-order valence-corrected chi connectivity index (χ3v) is 5.77. The Kier molecular flexibility index (Phi) is 6.58. The zero-order valence-corrected chi connectivity index (χ0v) is 17.9. The fraction of sp³-hybridized carbons (Fsp3) is 0.409. The molecule has 0 spiro atoms. The number of aliphatic hydroxyl groups excluding tert-OH is 3. The van der Waals surface area contributed by atoms with Gasteiger partial charge in [0.05, 0.1) is 18.7 Å². The van der Waals surface area contributed by atoms with Crippen molar-refractivity contribution in [2.75, 3.05) is 13.2 Å². The van der Waals surface area contributed by atoms with Crippen molar-refractivity contribution in [3.05, 3.63) is 79.6 Å². The summed E-state index contributed by atoms with van der Waals surface area (Å²) in [5.74, 6) is -0.252. The number of benzene rings is 1. The van der Waals surface area contributed by atoms with Crippen LogP contribution in [0.25, 0.3) is 0 Å². The van der Waals surface area contributed by atoms with E-state index in [1.807, 2.05) is 12.1 Å². The number of carbonyl (C=O) groups is 1. The molecule has 2 aliphatic heterocycles. The summed E-state index contributed by atoms with van der Waals surface area (Å²) in [6.07, 6.45) is -2.08. The molecule has 2 aliphatic rings. The minimum atomic E-state index is -1.43. The van der Waals surface area contributed by atoms with Crippen LogP contribution in [0, 0.1) is 0 Å². The lowest BCUT2D eigenvalue weighted by molar-refractivity contribution is -0.134. The molecule has 11 nitrogen and oxygen atoms in total. The van der Waals surface area contributed by atoms with E-state index < -0.39 is 42.3 Å². The molecule has 2 unspecified atom stereocenters. The molecule has 1 saturated heterocycles. The van der Waals surface area contributed by atoms with Gasteiger partial charge >= 0.3 is 5.69 Å². The third-order valence-electron chi connectivity index (χ3n) is 5.77. The van der Waals surface area contributed by atoms with Gasteiger partial charge < -0.3 is 20.1 Å². The number of amides is 1. The number of aromatic amines is 1. The van der Waals surface area contributed by atoms with Crippen LogP contribution >= 0.6 is 0 Å². The van der Waals surface area contributed by atoms with Gasteiger partial charge in [0.2, 0.25) is 0 Å². The predicted molar refractivity (Wildman–Crippen MR) is 114 cm³/mol. The van der Waals surface area contributed by atoms with Crippen LogP contribution in [0.3, 0.4) is 0 Å². The van der Waals surface area contributed by atoms with Gasteiger partial charge in [-0.3, -0.25) is 24.0 Å². The van der Waals surface area contributed by atoms with Crippen molar-refractivity contribution < 1.29 is 29.7 Å². The third kappa shape index (κ3) is 4.54. The highest BCUT2D eigenvalue weighted by Crippen LogP contribution is 2.31. The Balaban J connectivity index is 1.49. The van der Waals surface area contributed by atoms with Gasteiger partial charge in [-0.15, -0.1) is 0 Å². The number of H-pyrrole nitrogens is 1.